The predicted molar refractivity (Wildman–Crippen MR) is 59.0 cm³/mol. The van der Waals surface area contributed by atoms with E-state index in [0.717, 1.165) is 12.0 Å². The molecule has 0 aromatic rings. The van der Waals surface area contributed by atoms with E-state index in [2.05, 4.69) is 27.4 Å². The Morgan fingerprint density at radius 1 is 1.29 bits per heavy atom. The summed E-state index contributed by atoms with van der Waals surface area (Å²) in [6.45, 7) is 11.0. The summed E-state index contributed by atoms with van der Waals surface area (Å²) < 4.78 is 0. The third kappa shape index (κ3) is 1.18. The quantitative estimate of drug-likeness (QED) is 0.587. The second-order valence-corrected chi connectivity index (χ2v) is 6.17. The summed E-state index contributed by atoms with van der Waals surface area (Å²) in [4.78, 5) is 0. The van der Waals surface area contributed by atoms with Crippen LogP contribution in [0.2, 0.25) is 0 Å². The Balaban J connectivity index is 2.36. The molecule has 2 rings (SSSR count). The molecule has 1 N–H and O–H groups in total. The van der Waals surface area contributed by atoms with Crippen molar-refractivity contribution in [3.63, 3.8) is 0 Å². The Labute approximate surface area is 87.2 Å². The van der Waals surface area contributed by atoms with Gasteiger partial charge < -0.3 is 5.11 Å². The van der Waals surface area contributed by atoms with Gasteiger partial charge in [0.15, 0.2) is 0 Å². The van der Waals surface area contributed by atoms with E-state index in [1.54, 1.807) is 0 Å². The van der Waals surface area contributed by atoms with Crippen molar-refractivity contribution in [2.45, 2.75) is 52.6 Å². The van der Waals surface area contributed by atoms with E-state index < -0.39 is 0 Å². The van der Waals surface area contributed by atoms with Gasteiger partial charge in [-0.1, -0.05) is 33.8 Å². The van der Waals surface area contributed by atoms with Crippen LogP contribution in [0, 0.1) is 16.7 Å². The van der Waals surface area contributed by atoms with Gasteiger partial charge in [0.1, 0.15) is 0 Å². The largest absolute Gasteiger partial charge is 0.388 e. The monoisotopic (exact) mass is 194 g/mol. The molecule has 0 heterocycles. The van der Waals surface area contributed by atoms with E-state index in [1.807, 2.05) is 0 Å². The van der Waals surface area contributed by atoms with Crippen LogP contribution in [0.15, 0.2) is 12.2 Å². The fourth-order valence-electron chi connectivity index (χ4n) is 3.84. The summed E-state index contributed by atoms with van der Waals surface area (Å²) in [7, 11) is 0. The highest BCUT2D eigenvalue weighted by Gasteiger charge is 2.55. The van der Waals surface area contributed by atoms with Crippen molar-refractivity contribution in [2.24, 2.45) is 16.7 Å². The van der Waals surface area contributed by atoms with Crippen LogP contribution in [0.1, 0.15) is 46.5 Å². The molecule has 0 amide bonds. The molecule has 1 nitrogen and oxygen atoms in total. The van der Waals surface area contributed by atoms with Crippen molar-refractivity contribution >= 4 is 0 Å². The highest BCUT2D eigenvalue weighted by molar-refractivity contribution is 5.21. The molecule has 2 fully saturated rings. The molecule has 0 radical (unpaired) electrons. The van der Waals surface area contributed by atoms with E-state index >= 15 is 0 Å². The number of aliphatic hydroxyl groups excluding tert-OH is 1. The van der Waals surface area contributed by atoms with Crippen LogP contribution >= 0.6 is 0 Å². The van der Waals surface area contributed by atoms with Crippen LogP contribution in [0.5, 0.6) is 0 Å². The van der Waals surface area contributed by atoms with Gasteiger partial charge >= 0.3 is 0 Å². The summed E-state index contributed by atoms with van der Waals surface area (Å²) >= 11 is 0. The van der Waals surface area contributed by atoms with E-state index in [4.69, 9.17) is 0 Å². The summed E-state index contributed by atoms with van der Waals surface area (Å²) in [5, 5.41) is 10.2. The number of hydrogen-bond acceptors (Lipinski definition) is 1. The molecule has 1 heteroatoms. The molecule has 2 aliphatic carbocycles. The van der Waals surface area contributed by atoms with Crippen molar-refractivity contribution in [3.05, 3.63) is 12.2 Å². The van der Waals surface area contributed by atoms with Crippen LogP contribution in [-0.2, 0) is 0 Å². The number of fused-ring (bicyclic) bond motifs is 1. The molecule has 0 spiro atoms. The summed E-state index contributed by atoms with van der Waals surface area (Å²) in [6.07, 6.45) is 4.50. The lowest BCUT2D eigenvalue weighted by molar-refractivity contribution is -0.0351. The van der Waals surface area contributed by atoms with Gasteiger partial charge in [-0.05, 0) is 36.2 Å². The summed E-state index contributed by atoms with van der Waals surface area (Å²) in [6, 6.07) is 0. The van der Waals surface area contributed by atoms with Gasteiger partial charge in [-0.15, -0.1) is 0 Å². The van der Waals surface area contributed by atoms with E-state index in [1.165, 1.54) is 19.3 Å². The van der Waals surface area contributed by atoms with Crippen molar-refractivity contribution in [3.8, 4) is 0 Å². The van der Waals surface area contributed by atoms with Gasteiger partial charge in [-0.3, -0.25) is 0 Å². The average Bonchev–Trinajstić information content (AvgIpc) is 2.30. The Morgan fingerprint density at radius 2 is 1.93 bits per heavy atom. The zero-order valence-corrected chi connectivity index (χ0v) is 9.64. The standard InChI is InChI=1S/C13H22O/c1-9-8-10-12(2,3)6-5-7-13(10,4)11(9)14/h10-11,14H,1,5-8H2,2-4H3. The van der Waals surface area contributed by atoms with Crippen LogP contribution in [-0.4, -0.2) is 11.2 Å². The van der Waals surface area contributed by atoms with Crippen molar-refractivity contribution in [1.82, 2.24) is 0 Å². The second-order valence-electron chi connectivity index (χ2n) is 6.17. The Morgan fingerprint density at radius 3 is 2.50 bits per heavy atom. The van der Waals surface area contributed by atoms with Gasteiger partial charge in [0.05, 0.1) is 6.10 Å². The maximum absolute atomic E-state index is 10.2. The molecule has 14 heavy (non-hydrogen) atoms. The minimum absolute atomic E-state index is 0.110. The van der Waals surface area contributed by atoms with Crippen LogP contribution in [0.4, 0.5) is 0 Å². The topological polar surface area (TPSA) is 20.2 Å². The minimum Gasteiger partial charge on any atom is -0.388 e. The van der Waals surface area contributed by atoms with E-state index in [0.29, 0.717) is 11.3 Å². The fraction of sp³-hybridized carbons (Fsp3) is 0.846. The SMILES string of the molecule is C=C1CC2C(C)(C)CCCC2(C)C1O. The lowest BCUT2D eigenvalue weighted by Gasteiger charge is -2.48. The average molecular weight is 194 g/mol. The smallest absolute Gasteiger partial charge is 0.0804 e. The minimum atomic E-state index is -0.257. The Hall–Kier alpha value is -0.300. The highest BCUT2D eigenvalue weighted by Crippen LogP contribution is 2.60. The molecule has 80 valence electrons. The van der Waals surface area contributed by atoms with Crippen LogP contribution in [0.3, 0.4) is 0 Å². The summed E-state index contributed by atoms with van der Waals surface area (Å²) in [5.74, 6) is 0.631. The zero-order valence-electron chi connectivity index (χ0n) is 9.64. The second kappa shape index (κ2) is 2.85. The fourth-order valence-corrected chi connectivity index (χ4v) is 3.84. The highest BCUT2D eigenvalue weighted by atomic mass is 16.3. The normalized spacial score (nSPS) is 46.4. The number of rotatable bonds is 0. The van der Waals surface area contributed by atoms with E-state index in [9.17, 15) is 5.11 Å². The van der Waals surface area contributed by atoms with E-state index in [-0.39, 0.29) is 11.5 Å². The molecule has 3 atom stereocenters. The molecule has 0 aromatic heterocycles. The van der Waals surface area contributed by atoms with Crippen LogP contribution in [0.25, 0.3) is 0 Å². The maximum atomic E-state index is 10.2. The maximum Gasteiger partial charge on any atom is 0.0804 e. The predicted octanol–water partition coefficient (Wildman–Crippen LogP) is 3.14. The van der Waals surface area contributed by atoms with Gasteiger partial charge in [0, 0.05) is 5.41 Å². The Bertz CT molecular complexity index is 266. The lowest BCUT2D eigenvalue weighted by atomic mass is 9.57. The van der Waals surface area contributed by atoms with Crippen molar-refractivity contribution < 1.29 is 5.11 Å². The lowest BCUT2D eigenvalue weighted by Crippen LogP contribution is -2.43. The first-order valence-electron chi connectivity index (χ1n) is 5.74. The van der Waals surface area contributed by atoms with Crippen molar-refractivity contribution in [1.29, 1.82) is 0 Å². The molecular weight excluding hydrogens is 172 g/mol. The third-order valence-electron chi connectivity index (χ3n) is 4.75. The van der Waals surface area contributed by atoms with Gasteiger partial charge in [-0.2, -0.15) is 0 Å². The first-order chi connectivity index (χ1) is 6.38. The molecule has 0 aliphatic heterocycles. The summed E-state index contributed by atoms with van der Waals surface area (Å²) in [5.41, 5.74) is 1.55. The first kappa shape index (κ1) is 10.2. The van der Waals surface area contributed by atoms with Crippen LogP contribution < -0.4 is 0 Å². The molecule has 2 aliphatic rings. The van der Waals surface area contributed by atoms with Gasteiger partial charge in [0.2, 0.25) is 0 Å². The van der Waals surface area contributed by atoms with Gasteiger partial charge in [0.25, 0.3) is 0 Å². The first-order valence-corrected chi connectivity index (χ1v) is 5.74. The third-order valence-corrected chi connectivity index (χ3v) is 4.75. The zero-order chi connectivity index (χ0) is 10.6. The molecule has 3 unspecified atom stereocenters. The molecule has 0 bridgehead atoms. The number of hydrogen-bond donors (Lipinski definition) is 1. The Kier molecular flexibility index (Phi) is 2.08. The van der Waals surface area contributed by atoms with Crippen molar-refractivity contribution in [2.75, 3.05) is 0 Å². The molecule has 0 aromatic carbocycles. The number of aliphatic hydroxyl groups is 1. The molecule has 2 saturated carbocycles. The molecule has 0 saturated heterocycles. The van der Waals surface area contributed by atoms with Gasteiger partial charge in [-0.25, -0.2) is 0 Å². The molecular formula is C13H22O.